The second-order valence-corrected chi connectivity index (χ2v) is 5.06. The fraction of sp³-hybridized carbons (Fsp3) is 0.286. The largest absolute Gasteiger partial charge is 0.347 e. The van der Waals surface area contributed by atoms with E-state index in [2.05, 4.69) is 25.5 Å². The van der Waals surface area contributed by atoms with Gasteiger partial charge in [0.15, 0.2) is 5.65 Å². The molecule has 1 unspecified atom stereocenters. The van der Waals surface area contributed by atoms with Gasteiger partial charge in [-0.1, -0.05) is 6.92 Å². The van der Waals surface area contributed by atoms with Gasteiger partial charge < -0.3 is 10.3 Å². The van der Waals surface area contributed by atoms with Crippen LogP contribution in [0.3, 0.4) is 0 Å². The molecular weight excluding hydrogens is 284 g/mol. The SMILES string of the molecule is CCC(NC(=O)c1ccc2n[nH]c(=O)n2c1)c1ncc(C)[nH]1. The van der Waals surface area contributed by atoms with Crippen LogP contribution in [0, 0.1) is 6.92 Å². The molecular formula is C14H16N6O2. The summed E-state index contributed by atoms with van der Waals surface area (Å²) in [7, 11) is 0. The first kappa shape index (κ1) is 14.1. The van der Waals surface area contributed by atoms with Gasteiger partial charge in [-0.25, -0.2) is 19.3 Å². The number of aromatic amines is 2. The van der Waals surface area contributed by atoms with Gasteiger partial charge in [-0.2, -0.15) is 5.10 Å². The summed E-state index contributed by atoms with van der Waals surface area (Å²) in [5.41, 5.74) is 1.42. The normalized spacial score (nSPS) is 12.5. The summed E-state index contributed by atoms with van der Waals surface area (Å²) in [6.45, 7) is 3.87. The number of H-pyrrole nitrogens is 2. The van der Waals surface area contributed by atoms with Gasteiger partial charge in [-0.15, -0.1) is 0 Å². The minimum atomic E-state index is -0.377. The lowest BCUT2D eigenvalue weighted by molar-refractivity contribution is 0.0933. The first-order chi connectivity index (χ1) is 10.6. The van der Waals surface area contributed by atoms with Crippen molar-refractivity contribution in [2.45, 2.75) is 26.3 Å². The van der Waals surface area contributed by atoms with E-state index >= 15 is 0 Å². The fourth-order valence-corrected chi connectivity index (χ4v) is 2.26. The predicted octanol–water partition coefficient (Wildman–Crippen LogP) is 0.935. The molecule has 3 rings (SSSR count). The summed E-state index contributed by atoms with van der Waals surface area (Å²) < 4.78 is 1.30. The van der Waals surface area contributed by atoms with Crippen molar-refractivity contribution in [1.29, 1.82) is 0 Å². The highest BCUT2D eigenvalue weighted by atomic mass is 16.2. The second kappa shape index (κ2) is 5.47. The summed E-state index contributed by atoms with van der Waals surface area (Å²) in [6, 6.07) is 3.04. The molecule has 0 saturated heterocycles. The Morgan fingerprint density at radius 3 is 2.95 bits per heavy atom. The Morgan fingerprint density at radius 2 is 2.27 bits per heavy atom. The van der Waals surface area contributed by atoms with Crippen molar-refractivity contribution < 1.29 is 4.79 Å². The van der Waals surface area contributed by atoms with Crippen molar-refractivity contribution in [3.05, 3.63) is 52.1 Å². The average Bonchev–Trinajstić information content (AvgIpc) is 3.11. The van der Waals surface area contributed by atoms with Crippen LogP contribution in [0.2, 0.25) is 0 Å². The van der Waals surface area contributed by atoms with Crippen LogP contribution in [-0.2, 0) is 0 Å². The molecule has 22 heavy (non-hydrogen) atoms. The maximum Gasteiger partial charge on any atom is 0.347 e. The van der Waals surface area contributed by atoms with Crippen molar-refractivity contribution in [2.24, 2.45) is 0 Å². The Kier molecular flexibility index (Phi) is 3.50. The molecule has 3 heterocycles. The molecule has 0 aliphatic heterocycles. The molecule has 3 aromatic heterocycles. The zero-order valence-corrected chi connectivity index (χ0v) is 12.3. The van der Waals surface area contributed by atoms with Gasteiger partial charge in [0.25, 0.3) is 5.91 Å². The van der Waals surface area contributed by atoms with Crippen LogP contribution in [0.4, 0.5) is 0 Å². The highest BCUT2D eigenvalue weighted by Crippen LogP contribution is 2.14. The Labute approximate surface area is 125 Å². The van der Waals surface area contributed by atoms with E-state index in [1.165, 1.54) is 10.6 Å². The summed E-state index contributed by atoms with van der Waals surface area (Å²) in [4.78, 5) is 31.3. The van der Waals surface area contributed by atoms with Crippen molar-refractivity contribution in [1.82, 2.24) is 29.9 Å². The molecule has 3 N–H and O–H groups in total. The molecule has 8 heteroatoms. The maximum absolute atomic E-state index is 12.4. The number of aryl methyl sites for hydroxylation is 1. The quantitative estimate of drug-likeness (QED) is 0.666. The summed E-state index contributed by atoms with van der Waals surface area (Å²) >= 11 is 0. The maximum atomic E-state index is 12.4. The molecule has 114 valence electrons. The number of hydrogen-bond acceptors (Lipinski definition) is 4. The third-order valence-electron chi connectivity index (χ3n) is 3.44. The Morgan fingerprint density at radius 1 is 1.45 bits per heavy atom. The van der Waals surface area contributed by atoms with E-state index in [4.69, 9.17) is 0 Å². The number of carbonyl (C=O) groups excluding carboxylic acids is 1. The van der Waals surface area contributed by atoms with E-state index in [0.717, 1.165) is 11.5 Å². The van der Waals surface area contributed by atoms with Crippen LogP contribution in [0.25, 0.3) is 5.65 Å². The number of aromatic nitrogens is 5. The van der Waals surface area contributed by atoms with Crippen LogP contribution >= 0.6 is 0 Å². The number of fused-ring (bicyclic) bond motifs is 1. The number of hydrogen-bond donors (Lipinski definition) is 3. The van der Waals surface area contributed by atoms with Gasteiger partial charge in [0.1, 0.15) is 5.82 Å². The molecule has 0 aromatic carbocycles. The molecule has 0 fully saturated rings. The molecule has 1 amide bonds. The van der Waals surface area contributed by atoms with Gasteiger partial charge in [-0.3, -0.25) is 4.79 Å². The lowest BCUT2D eigenvalue weighted by atomic mass is 10.2. The summed E-state index contributed by atoms with van der Waals surface area (Å²) in [5.74, 6) is 0.450. The first-order valence-corrected chi connectivity index (χ1v) is 6.97. The number of nitrogens with zero attached hydrogens (tertiary/aromatic N) is 3. The molecule has 0 bridgehead atoms. The monoisotopic (exact) mass is 300 g/mol. The lowest BCUT2D eigenvalue weighted by Crippen LogP contribution is -2.29. The lowest BCUT2D eigenvalue weighted by Gasteiger charge is -2.14. The van der Waals surface area contributed by atoms with Crippen LogP contribution in [-0.4, -0.2) is 30.5 Å². The second-order valence-electron chi connectivity index (χ2n) is 5.06. The number of nitrogens with one attached hydrogen (secondary N) is 3. The molecule has 0 saturated carbocycles. The Balaban J connectivity index is 1.85. The number of amides is 1. The van der Waals surface area contributed by atoms with Crippen LogP contribution in [0.5, 0.6) is 0 Å². The molecule has 3 aromatic rings. The summed E-state index contributed by atoms with van der Waals surface area (Å²) in [5, 5.41) is 9.07. The van der Waals surface area contributed by atoms with Gasteiger partial charge in [0, 0.05) is 18.1 Å². The van der Waals surface area contributed by atoms with Crippen LogP contribution in [0.1, 0.15) is 41.3 Å². The van der Waals surface area contributed by atoms with Gasteiger partial charge in [0.2, 0.25) is 0 Å². The molecule has 0 aliphatic carbocycles. The molecule has 8 nitrogen and oxygen atoms in total. The highest BCUT2D eigenvalue weighted by molar-refractivity contribution is 5.94. The number of rotatable bonds is 4. The smallest absolute Gasteiger partial charge is 0.344 e. The van der Waals surface area contributed by atoms with Gasteiger partial charge >= 0.3 is 5.69 Å². The van der Waals surface area contributed by atoms with E-state index in [0.29, 0.717) is 17.6 Å². The molecule has 0 spiro atoms. The van der Waals surface area contributed by atoms with Gasteiger partial charge in [-0.05, 0) is 25.5 Å². The van der Waals surface area contributed by atoms with Crippen LogP contribution in [0.15, 0.2) is 29.3 Å². The molecule has 0 radical (unpaired) electrons. The Hall–Kier alpha value is -2.90. The number of imidazole rings is 1. The third kappa shape index (κ3) is 2.50. The minimum Gasteiger partial charge on any atom is -0.344 e. The average molecular weight is 300 g/mol. The Bertz CT molecular complexity index is 875. The van der Waals surface area contributed by atoms with Gasteiger partial charge in [0.05, 0.1) is 11.6 Å². The highest BCUT2D eigenvalue weighted by Gasteiger charge is 2.17. The predicted molar refractivity (Wildman–Crippen MR) is 79.6 cm³/mol. The van der Waals surface area contributed by atoms with E-state index in [9.17, 15) is 9.59 Å². The van der Waals surface area contributed by atoms with Crippen molar-refractivity contribution >= 4 is 11.6 Å². The minimum absolute atomic E-state index is 0.210. The summed E-state index contributed by atoms with van der Waals surface area (Å²) in [6.07, 6.45) is 3.89. The molecule has 0 aliphatic rings. The van der Waals surface area contributed by atoms with E-state index in [1.807, 2.05) is 13.8 Å². The van der Waals surface area contributed by atoms with E-state index in [1.54, 1.807) is 18.3 Å². The first-order valence-electron chi connectivity index (χ1n) is 6.97. The van der Waals surface area contributed by atoms with E-state index in [-0.39, 0.29) is 17.6 Å². The van der Waals surface area contributed by atoms with Crippen molar-refractivity contribution in [3.63, 3.8) is 0 Å². The number of carbonyl (C=O) groups is 1. The third-order valence-corrected chi connectivity index (χ3v) is 3.44. The van der Waals surface area contributed by atoms with Crippen molar-refractivity contribution in [3.8, 4) is 0 Å². The fourth-order valence-electron chi connectivity index (χ4n) is 2.26. The number of pyridine rings is 1. The van der Waals surface area contributed by atoms with Crippen LogP contribution < -0.4 is 11.0 Å². The topological polar surface area (TPSA) is 108 Å². The van der Waals surface area contributed by atoms with E-state index < -0.39 is 0 Å². The zero-order valence-electron chi connectivity index (χ0n) is 12.3. The zero-order chi connectivity index (χ0) is 15.7. The molecule has 1 atom stereocenters. The standard InChI is InChI=1S/C14H16N6O2/c1-3-10(12-15-6-8(2)16-12)17-13(21)9-4-5-11-18-19-14(22)20(11)7-9/h4-7,10H,3H2,1-2H3,(H,15,16)(H,17,21)(H,19,22). The van der Waals surface area contributed by atoms with Crippen molar-refractivity contribution in [2.75, 3.05) is 0 Å².